The Bertz CT molecular complexity index is 494. The molecule has 0 aliphatic carbocycles. The molecule has 1 aromatic rings. The minimum absolute atomic E-state index is 0.0561. The fraction of sp³-hybridized carbons (Fsp3) is 0.500. The molecule has 0 saturated carbocycles. The van der Waals surface area contributed by atoms with Crippen molar-refractivity contribution in [1.29, 1.82) is 0 Å². The number of carboxylic acids is 1. The predicted molar refractivity (Wildman–Crippen MR) is 58.9 cm³/mol. The van der Waals surface area contributed by atoms with Crippen molar-refractivity contribution in [3.8, 4) is 0 Å². The van der Waals surface area contributed by atoms with Crippen LogP contribution >= 0.6 is 11.3 Å². The van der Waals surface area contributed by atoms with Crippen LogP contribution in [0.3, 0.4) is 0 Å². The number of hydrogen-bond acceptors (Lipinski definition) is 5. The number of rotatable bonds is 4. The lowest BCUT2D eigenvalue weighted by Gasteiger charge is -2.19. The largest absolute Gasteiger partial charge is 0.480 e. The minimum atomic E-state index is -3.75. The third-order valence-corrected chi connectivity index (χ3v) is 5.41. The van der Waals surface area contributed by atoms with Gasteiger partial charge in [-0.25, -0.2) is 13.4 Å². The van der Waals surface area contributed by atoms with Gasteiger partial charge >= 0.3 is 5.97 Å². The monoisotopic (exact) mass is 264 g/mol. The van der Waals surface area contributed by atoms with Crippen LogP contribution < -0.4 is 0 Å². The van der Waals surface area contributed by atoms with E-state index in [1.54, 1.807) is 6.92 Å². The van der Waals surface area contributed by atoms with Crippen LogP contribution in [0, 0.1) is 6.92 Å². The Labute approximate surface area is 97.6 Å². The van der Waals surface area contributed by atoms with Gasteiger partial charge in [0.15, 0.2) is 4.21 Å². The summed E-state index contributed by atoms with van der Waals surface area (Å²) in [4.78, 5) is 14.5. The van der Waals surface area contributed by atoms with Crippen molar-refractivity contribution in [1.82, 2.24) is 9.29 Å². The quantitative estimate of drug-likeness (QED) is 0.857. The highest BCUT2D eigenvalue weighted by molar-refractivity contribution is 7.91. The number of likely N-dealkylation sites (N-methyl/N-ethyl adjacent to an activating group) is 1. The summed E-state index contributed by atoms with van der Waals surface area (Å²) >= 11 is 1.02. The molecule has 1 unspecified atom stereocenters. The highest BCUT2D eigenvalue weighted by Crippen LogP contribution is 2.22. The zero-order valence-corrected chi connectivity index (χ0v) is 10.7. The molecule has 0 spiro atoms. The van der Waals surface area contributed by atoms with Gasteiger partial charge in [-0.05, 0) is 13.8 Å². The van der Waals surface area contributed by atoms with E-state index in [2.05, 4.69) is 4.98 Å². The molecule has 1 heterocycles. The third-order valence-electron chi connectivity index (χ3n) is 2.14. The summed E-state index contributed by atoms with van der Waals surface area (Å²) in [6, 6.07) is -1.10. The normalized spacial score (nSPS) is 14.0. The first-order chi connectivity index (χ1) is 7.26. The molecule has 90 valence electrons. The first-order valence-corrected chi connectivity index (χ1v) is 6.65. The second kappa shape index (κ2) is 4.48. The van der Waals surface area contributed by atoms with Gasteiger partial charge in [0.2, 0.25) is 0 Å². The van der Waals surface area contributed by atoms with Crippen LogP contribution in [0.15, 0.2) is 10.4 Å². The number of nitrogens with zero attached hydrogens (tertiary/aromatic N) is 2. The standard InChI is InChI=1S/C8H12N2O4S2/c1-5(8(11)12)10(3)16(13,14)7-4-9-6(2)15-7/h4-5H,1-3H3,(H,11,12). The van der Waals surface area contributed by atoms with Crippen molar-refractivity contribution in [2.45, 2.75) is 24.1 Å². The Kier molecular flexibility index (Phi) is 3.66. The summed E-state index contributed by atoms with van der Waals surface area (Å²) in [6.45, 7) is 3.00. The Morgan fingerprint density at radius 3 is 2.56 bits per heavy atom. The maximum atomic E-state index is 11.9. The van der Waals surface area contributed by atoms with E-state index in [4.69, 9.17) is 5.11 Å². The molecule has 0 aromatic carbocycles. The molecule has 0 aliphatic rings. The van der Waals surface area contributed by atoms with Crippen molar-refractivity contribution in [3.63, 3.8) is 0 Å². The SMILES string of the molecule is Cc1ncc(S(=O)(=O)N(C)C(C)C(=O)O)s1. The van der Waals surface area contributed by atoms with Gasteiger partial charge in [-0.2, -0.15) is 4.31 Å². The van der Waals surface area contributed by atoms with Crippen LogP contribution in [0.25, 0.3) is 0 Å². The molecule has 1 aromatic heterocycles. The van der Waals surface area contributed by atoms with Crippen molar-refractivity contribution in [2.75, 3.05) is 7.05 Å². The van der Waals surface area contributed by atoms with Gasteiger partial charge in [0, 0.05) is 7.05 Å². The average Bonchev–Trinajstić information content (AvgIpc) is 2.62. The van der Waals surface area contributed by atoms with Crippen LogP contribution in [0.5, 0.6) is 0 Å². The number of sulfonamides is 1. The number of carbonyl (C=O) groups is 1. The summed E-state index contributed by atoms with van der Waals surface area (Å²) in [5, 5.41) is 9.37. The molecular weight excluding hydrogens is 252 g/mol. The van der Waals surface area contributed by atoms with Gasteiger partial charge < -0.3 is 5.11 Å². The summed E-state index contributed by atoms with van der Waals surface area (Å²) in [7, 11) is -2.51. The molecule has 1 rings (SSSR count). The van der Waals surface area contributed by atoms with Crippen LogP contribution in [-0.2, 0) is 14.8 Å². The van der Waals surface area contributed by atoms with Crippen LogP contribution in [0.2, 0.25) is 0 Å². The number of hydrogen-bond donors (Lipinski definition) is 1. The van der Waals surface area contributed by atoms with Crippen LogP contribution in [0.1, 0.15) is 11.9 Å². The highest BCUT2D eigenvalue weighted by atomic mass is 32.2. The molecule has 8 heteroatoms. The lowest BCUT2D eigenvalue weighted by atomic mass is 10.4. The van der Waals surface area contributed by atoms with Gasteiger partial charge in [0.1, 0.15) is 6.04 Å². The first kappa shape index (κ1) is 13.1. The van der Waals surface area contributed by atoms with Gasteiger partial charge in [-0.15, -0.1) is 11.3 Å². The fourth-order valence-electron chi connectivity index (χ4n) is 0.967. The molecule has 0 radical (unpaired) electrons. The van der Waals surface area contributed by atoms with Crippen LogP contribution in [-0.4, -0.2) is 41.9 Å². The van der Waals surface area contributed by atoms with Crippen molar-refractivity contribution in [2.24, 2.45) is 0 Å². The van der Waals surface area contributed by atoms with E-state index in [1.165, 1.54) is 20.2 Å². The molecule has 0 amide bonds. The zero-order valence-electron chi connectivity index (χ0n) is 9.04. The third kappa shape index (κ3) is 2.39. The second-order valence-corrected chi connectivity index (χ2v) is 6.69. The van der Waals surface area contributed by atoms with Gasteiger partial charge in [0.05, 0.1) is 11.2 Å². The fourth-order valence-corrected chi connectivity index (χ4v) is 3.58. The molecule has 0 bridgehead atoms. The molecular formula is C8H12N2O4S2. The summed E-state index contributed by atoms with van der Waals surface area (Å²) in [5.74, 6) is -1.19. The lowest BCUT2D eigenvalue weighted by molar-refractivity contribution is -0.140. The number of aryl methyl sites for hydroxylation is 1. The highest BCUT2D eigenvalue weighted by Gasteiger charge is 2.30. The lowest BCUT2D eigenvalue weighted by Crippen LogP contribution is -2.39. The Morgan fingerprint density at radius 2 is 2.19 bits per heavy atom. The second-order valence-electron chi connectivity index (χ2n) is 3.23. The minimum Gasteiger partial charge on any atom is -0.480 e. The zero-order chi connectivity index (χ0) is 12.5. The number of thiazole rings is 1. The van der Waals surface area contributed by atoms with E-state index in [-0.39, 0.29) is 4.21 Å². The first-order valence-electron chi connectivity index (χ1n) is 4.40. The molecule has 0 fully saturated rings. The van der Waals surface area contributed by atoms with Gasteiger partial charge in [-0.1, -0.05) is 0 Å². The number of aromatic nitrogens is 1. The summed E-state index contributed by atoms with van der Waals surface area (Å²) < 4.78 is 24.7. The molecule has 1 atom stereocenters. The van der Waals surface area contributed by atoms with E-state index in [9.17, 15) is 13.2 Å². The van der Waals surface area contributed by atoms with Gasteiger partial charge in [0.25, 0.3) is 10.0 Å². The van der Waals surface area contributed by atoms with Gasteiger partial charge in [-0.3, -0.25) is 4.79 Å². The van der Waals surface area contributed by atoms with Crippen molar-refractivity contribution in [3.05, 3.63) is 11.2 Å². The Hall–Kier alpha value is -0.990. The van der Waals surface area contributed by atoms with Crippen LogP contribution in [0.4, 0.5) is 0 Å². The number of carboxylic acid groups (broad SMARTS) is 1. The summed E-state index contributed by atoms with van der Waals surface area (Å²) in [6.07, 6.45) is 1.24. The van der Waals surface area contributed by atoms with E-state index in [0.29, 0.717) is 5.01 Å². The Morgan fingerprint density at radius 1 is 1.62 bits per heavy atom. The van der Waals surface area contributed by atoms with Crippen molar-refractivity contribution >= 4 is 27.3 Å². The van der Waals surface area contributed by atoms with E-state index in [1.807, 2.05) is 0 Å². The molecule has 6 nitrogen and oxygen atoms in total. The molecule has 0 saturated heterocycles. The predicted octanol–water partition coefficient (Wildman–Crippen LogP) is 0.545. The average molecular weight is 264 g/mol. The number of aliphatic carboxylic acids is 1. The maximum absolute atomic E-state index is 11.9. The topological polar surface area (TPSA) is 87.6 Å². The maximum Gasteiger partial charge on any atom is 0.321 e. The molecule has 16 heavy (non-hydrogen) atoms. The Balaban J connectivity index is 3.08. The molecule has 0 aliphatic heterocycles. The van der Waals surface area contributed by atoms with E-state index >= 15 is 0 Å². The summed E-state index contributed by atoms with van der Waals surface area (Å²) in [5.41, 5.74) is 0. The molecule has 1 N–H and O–H groups in total. The van der Waals surface area contributed by atoms with E-state index < -0.39 is 22.0 Å². The van der Waals surface area contributed by atoms with E-state index in [0.717, 1.165) is 15.6 Å². The van der Waals surface area contributed by atoms with Crippen molar-refractivity contribution < 1.29 is 18.3 Å². The smallest absolute Gasteiger partial charge is 0.321 e.